The van der Waals surface area contributed by atoms with Crippen LogP contribution in [0, 0.1) is 11.8 Å². The third-order valence-corrected chi connectivity index (χ3v) is 2.39. The van der Waals surface area contributed by atoms with Gasteiger partial charge in [-0.3, -0.25) is 0 Å². The van der Waals surface area contributed by atoms with E-state index in [9.17, 15) is 0 Å². The van der Waals surface area contributed by atoms with Crippen molar-refractivity contribution < 1.29 is 0 Å². The Balaban J connectivity index is 1.78. The Bertz CT molecular complexity index is 90.7. The van der Waals surface area contributed by atoms with Gasteiger partial charge in [-0.2, -0.15) is 0 Å². The second-order valence-electron chi connectivity index (χ2n) is 3.51. The molecule has 1 heteroatoms. The van der Waals surface area contributed by atoms with Crippen LogP contribution in [0.5, 0.6) is 0 Å². The molecule has 60 valence electrons. The average Bonchev–Trinajstić information content (AvgIpc) is 2.60. The van der Waals surface area contributed by atoms with Gasteiger partial charge in [0.2, 0.25) is 0 Å². The van der Waals surface area contributed by atoms with Crippen LogP contribution in [-0.4, -0.2) is 13.1 Å². The Kier molecular flexibility index (Phi) is 3.20. The van der Waals surface area contributed by atoms with Gasteiger partial charge in [0.1, 0.15) is 0 Å². The van der Waals surface area contributed by atoms with Crippen molar-refractivity contribution in [3.63, 3.8) is 0 Å². The lowest BCUT2D eigenvalue weighted by Crippen LogP contribution is -2.16. The quantitative estimate of drug-likeness (QED) is 0.578. The zero-order valence-electron chi connectivity index (χ0n) is 7.19. The van der Waals surface area contributed by atoms with E-state index in [0.717, 1.165) is 11.8 Å². The summed E-state index contributed by atoms with van der Waals surface area (Å²) in [6.45, 7) is 7.00. The molecule has 1 fully saturated rings. The van der Waals surface area contributed by atoms with Crippen molar-refractivity contribution in [1.82, 2.24) is 5.32 Å². The summed E-state index contributed by atoms with van der Waals surface area (Å²) in [5.41, 5.74) is 0. The van der Waals surface area contributed by atoms with Crippen LogP contribution in [0.15, 0.2) is 0 Å². The Morgan fingerprint density at radius 1 is 1.40 bits per heavy atom. The van der Waals surface area contributed by atoms with Crippen LogP contribution in [0.2, 0.25) is 0 Å². The van der Waals surface area contributed by atoms with Gasteiger partial charge in [-0.15, -0.1) is 0 Å². The van der Waals surface area contributed by atoms with Crippen molar-refractivity contribution in [2.45, 2.75) is 33.1 Å². The van der Waals surface area contributed by atoms with Crippen LogP contribution < -0.4 is 5.32 Å². The topological polar surface area (TPSA) is 12.0 Å². The fourth-order valence-corrected chi connectivity index (χ4v) is 1.39. The average molecular weight is 141 g/mol. The molecule has 1 saturated carbocycles. The highest BCUT2D eigenvalue weighted by Crippen LogP contribution is 2.39. The van der Waals surface area contributed by atoms with Crippen molar-refractivity contribution in [3.05, 3.63) is 0 Å². The fourth-order valence-electron chi connectivity index (χ4n) is 1.39. The first-order valence-corrected chi connectivity index (χ1v) is 4.55. The summed E-state index contributed by atoms with van der Waals surface area (Å²) in [7, 11) is 0. The third-order valence-electron chi connectivity index (χ3n) is 2.39. The zero-order chi connectivity index (χ0) is 7.40. The number of hydrogen-bond acceptors (Lipinski definition) is 1. The largest absolute Gasteiger partial charge is 0.317 e. The SMILES string of the molecule is CCCNCCC1C[C@H]1C. The maximum Gasteiger partial charge on any atom is -0.00462 e. The molecule has 10 heavy (non-hydrogen) atoms. The van der Waals surface area contributed by atoms with Gasteiger partial charge in [-0.05, 0) is 44.2 Å². The van der Waals surface area contributed by atoms with E-state index in [4.69, 9.17) is 0 Å². The van der Waals surface area contributed by atoms with Crippen molar-refractivity contribution in [3.8, 4) is 0 Å². The van der Waals surface area contributed by atoms with Crippen LogP contribution in [-0.2, 0) is 0 Å². The lowest BCUT2D eigenvalue weighted by molar-refractivity contribution is 0.588. The predicted octanol–water partition coefficient (Wildman–Crippen LogP) is 2.03. The Morgan fingerprint density at radius 3 is 2.60 bits per heavy atom. The van der Waals surface area contributed by atoms with Crippen LogP contribution in [0.3, 0.4) is 0 Å². The maximum absolute atomic E-state index is 3.43. The summed E-state index contributed by atoms with van der Waals surface area (Å²) in [6, 6.07) is 0. The lowest BCUT2D eigenvalue weighted by atomic mass is 10.2. The van der Waals surface area contributed by atoms with Gasteiger partial charge in [-0.25, -0.2) is 0 Å². The van der Waals surface area contributed by atoms with Crippen molar-refractivity contribution in [1.29, 1.82) is 0 Å². The smallest absolute Gasteiger partial charge is 0.00462 e. The molecule has 0 bridgehead atoms. The molecule has 1 aliphatic carbocycles. The van der Waals surface area contributed by atoms with Crippen molar-refractivity contribution in [2.24, 2.45) is 11.8 Å². The highest BCUT2D eigenvalue weighted by Gasteiger charge is 2.31. The van der Waals surface area contributed by atoms with E-state index >= 15 is 0 Å². The van der Waals surface area contributed by atoms with E-state index in [0.29, 0.717) is 0 Å². The minimum Gasteiger partial charge on any atom is -0.317 e. The first kappa shape index (κ1) is 8.06. The molecule has 0 saturated heterocycles. The van der Waals surface area contributed by atoms with E-state index in [-0.39, 0.29) is 0 Å². The van der Waals surface area contributed by atoms with Gasteiger partial charge >= 0.3 is 0 Å². The minimum atomic E-state index is 1.03. The van der Waals surface area contributed by atoms with E-state index in [1.165, 1.54) is 32.4 Å². The standard InChI is InChI=1S/C9H19N/c1-3-5-10-6-4-9-7-8(9)2/h8-10H,3-7H2,1-2H3/t8-,9?/m1/s1. The summed E-state index contributed by atoms with van der Waals surface area (Å²) in [6.07, 6.45) is 4.15. The Labute approximate surface area is 64.2 Å². The highest BCUT2D eigenvalue weighted by molar-refractivity contribution is 4.82. The molecule has 0 spiro atoms. The summed E-state index contributed by atoms with van der Waals surface area (Å²) < 4.78 is 0. The molecule has 1 N–H and O–H groups in total. The van der Waals surface area contributed by atoms with Gasteiger partial charge < -0.3 is 5.32 Å². The van der Waals surface area contributed by atoms with Crippen molar-refractivity contribution >= 4 is 0 Å². The predicted molar refractivity (Wildman–Crippen MR) is 45.0 cm³/mol. The molecular weight excluding hydrogens is 122 g/mol. The summed E-state index contributed by atoms with van der Waals surface area (Å²) >= 11 is 0. The third kappa shape index (κ3) is 2.70. The summed E-state index contributed by atoms with van der Waals surface area (Å²) in [5, 5.41) is 3.43. The number of nitrogens with one attached hydrogen (secondary N) is 1. The molecule has 0 amide bonds. The second-order valence-corrected chi connectivity index (χ2v) is 3.51. The fraction of sp³-hybridized carbons (Fsp3) is 1.00. The van der Waals surface area contributed by atoms with Gasteiger partial charge in [0.05, 0.1) is 0 Å². The number of rotatable bonds is 5. The molecule has 2 atom stereocenters. The van der Waals surface area contributed by atoms with Gasteiger partial charge in [0, 0.05) is 0 Å². The van der Waals surface area contributed by atoms with Crippen LogP contribution in [0.4, 0.5) is 0 Å². The lowest BCUT2D eigenvalue weighted by Gasteiger charge is -2.00. The molecule has 0 aromatic heterocycles. The van der Waals surface area contributed by atoms with Gasteiger partial charge in [-0.1, -0.05) is 13.8 Å². The molecule has 1 nitrogen and oxygen atoms in total. The van der Waals surface area contributed by atoms with Crippen LogP contribution in [0.1, 0.15) is 33.1 Å². The van der Waals surface area contributed by atoms with Gasteiger partial charge in [0.25, 0.3) is 0 Å². The van der Waals surface area contributed by atoms with Crippen molar-refractivity contribution in [2.75, 3.05) is 13.1 Å². The monoisotopic (exact) mass is 141 g/mol. The maximum atomic E-state index is 3.43. The number of hydrogen-bond donors (Lipinski definition) is 1. The zero-order valence-corrected chi connectivity index (χ0v) is 7.19. The highest BCUT2D eigenvalue weighted by atomic mass is 14.8. The molecule has 0 heterocycles. The second kappa shape index (κ2) is 3.97. The summed E-state index contributed by atoms with van der Waals surface area (Å²) in [5.74, 6) is 2.09. The van der Waals surface area contributed by atoms with E-state index < -0.39 is 0 Å². The van der Waals surface area contributed by atoms with Crippen LogP contribution >= 0.6 is 0 Å². The molecule has 0 aromatic rings. The molecule has 1 aliphatic rings. The molecular formula is C9H19N. The Morgan fingerprint density at radius 2 is 2.10 bits per heavy atom. The van der Waals surface area contributed by atoms with E-state index in [1.807, 2.05) is 0 Å². The molecule has 1 unspecified atom stereocenters. The molecule has 1 rings (SSSR count). The van der Waals surface area contributed by atoms with E-state index in [1.54, 1.807) is 0 Å². The van der Waals surface area contributed by atoms with E-state index in [2.05, 4.69) is 19.2 Å². The molecule has 0 aliphatic heterocycles. The molecule has 0 radical (unpaired) electrons. The van der Waals surface area contributed by atoms with Gasteiger partial charge in [0.15, 0.2) is 0 Å². The normalized spacial score (nSPS) is 30.6. The molecule has 0 aromatic carbocycles. The Hall–Kier alpha value is -0.0400. The summed E-state index contributed by atoms with van der Waals surface area (Å²) in [4.78, 5) is 0. The first-order valence-electron chi connectivity index (χ1n) is 4.55. The minimum absolute atomic E-state index is 1.03. The first-order chi connectivity index (χ1) is 4.84. The van der Waals surface area contributed by atoms with Crippen LogP contribution in [0.25, 0.3) is 0 Å².